The normalized spacial score (nSPS) is 15.7. The van der Waals surface area contributed by atoms with E-state index in [-0.39, 0.29) is 27.6 Å². The SMILES string of the molecule is CSc1ccc([C@H]2c3c(C)nn(-c4ccc(S(=O)(=O)c5ccc(C(C)C)cc5)cc4)c3N=C3C(=O)Nc4ccccc4N32)cc1. The Kier molecular flexibility index (Phi) is 7.13. The van der Waals surface area contributed by atoms with Gasteiger partial charge in [0.25, 0.3) is 5.91 Å². The summed E-state index contributed by atoms with van der Waals surface area (Å²) in [5, 5.41) is 7.87. The number of benzene rings is 4. The fourth-order valence-corrected chi connectivity index (χ4v) is 7.63. The number of carbonyl (C=O) groups excluding carboxylic acids is 1. The topological polar surface area (TPSA) is 96.7 Å². The van der Waals surface area contributed by atoms with E-state index in [0.717, 1.165) is 38.7 Å². The lowest BCUT2D eigenvalue weighted by Crippen LogP contribution is -2.48. The van der Waals surface area contributed by atoms with Gasteiger partial charge < -0.3 is 10.2 Å². The molecule has 8 nitrogen and oxygen atoms in total. The molecule has 0 unspecified atom stereocenters. The summed E-state index contributed by atoms with van der Waals surface area (Å²) in [6, 6.07) is 29.4. The molecule has 1 atom stereocenters. The van der Waals surface area contributed by atoms with Crippen molar-refractivity contribution in [3.05, 3.63) is 119 Å². The first kappa shape index (κ1) is 29.1. The third-order valence-corrected chi connectivity index (χ3v) is 10.9. The zero-order valence-electron chi connectivity index (χ0n) is 25.2. The second-order valence-electron chi connectivity index (χ2n) is 11.4. The van der Waals surface area contributed by atoms with Gasteiger partial charge in [-0.2, -0.15) is 5.10 Å². The van der Waals surface area contributed by atoms with Crippen molar-refractivity contribution >= 4 is 50.5 Å². The Morgan fingerprint density at radius 1 is 0.867 bits per heavy atom. The van der Waals surface area contributed by atoms with E-state index in [2.05, 4.69) is 43.4 Å². The zero-order chi connectivity index (χ0) is 31.5. The molecule has 5 aromatic rings. The third-order valence-electron chi connectivity index (χ3n) is 8.35. The number of para-hydroxylation sites is 2. The first-order valence-corrected chi connectivity index (χ1v) is 17.4. The van der Waals surface area contributed by atoms with Crippen LogP contribution in [0.4, 0.5) is 17.2 Å². The summed E-state index contributed by atoms with van der Waals surface area (Å²) >= 11 is 1.67. The van der Waals surface area contributed by atoms with E-state index in [1.807, 2.05) is 54.5 Å². The van der Waals surface area contributed by atoms with Crippen LogP contribution in [-0.2, 0) is 14.6 Å². The maximum atomic E-state index is 13.5. The van der Waals surface area contributed by atoms with Crippen molar-refractivity contribution in [3.63, 3.8) is 0 Å². The number of fused-ring (bicyclic) bond motifs is 4. The van der Waals surface area contributed by atoms with Crippen LogP contribution in [0.25, 0.3) is 5.69 Å². The van der Waals surface area contributed by atoms with Crippen LogP contribution >= 0.6 is 11.8 Å². The van der Waals surface area contributed by atoms with Gasteiger partial charge in [-0.3, -0.25) is 4.79 Å². The highest BCUT2D eigenvalue weighted by Gasteiger charge is 2.42. The number of sulfone groups is 1. The molecule has 0 radical (unpaired) electrons. The molecule has 2 aliphatic rings. The lowest BCUT2D eigenvalue weighted by molar-refractivity contribution is -0.110. The predicted molar refractivity (Wildman–Crippen MR) is 179 cm³/mol. The number of amides is 1. The molecule has 7 rings (SSSR count). The monoisotopic (exact) mass is 633 g/mol. The number of anilines is 2. The summed E-state index contributed by atoms with van der Waals surface area (Å²) in [6.45, 7) is 6.08. The van der Waals surface area contributed by atoms with E-state index in [1.165, 1.54) is 0 Å². The van der Waals surface area contributed by atoms with Crippen LogP contribution in [0.5, 0.6) is 0 Å². The highest BCUT2D eigenvalue weighted by molar-refractivity contribution is 7.98. The quantitative estimate of drug-likeness (QED) is 0.195. The van der Waals surface area contributed by atoms with Gasteiger partial charge in [0.15, 0.2) is 5.82 Å². The van der Waals surface area contributed by atoms with Crippen LogP contribution in [-0.4, -0.2) is 36.2 Å². The number of nitrogens with one attached hydrogen (secondary N) is 1. The Morgan fingerprint density at radius 2 is 1.51 bits per heavy atom. The molecule has 45 heavy (non-hydrogen) atoms. The molecule has 2 aliphatic heterocycles. The molecule has 4 aromatic carbocycles. The molecule has 0 aliphatic carbocycles. The largest absolute Gasteiger partial charge is 0.317 e. The van der Waals surface area contributed by atoms with Gasteiger partial charge in [0.05, 0.1) is 38.6 Å². The molecule has 1 N–H and O–H groups in total. The molecule has 0 saturated heterocycles. The van der Waals surface area contributed by atoms with Crippen molar-refractivity contribution in [1.82, 2.24) is 9.78 Å². The molecule has 0 bridgehead atoms. The second-order valence-corrected chi connectivity index (χ2v) is 14.2. The van der Waals surface area contributed by atoms with Crippen LogP contribution in [0.15, 0.2) is 117 Å². The van der Waals surface area contributed by atoms with Crippen molar-refractivity contribution in [1.29, 1.82) is 0 Å². The summed E-state index contributed by atoms with van der Waals surface area (Å²) in [7, 11) is -3.71. The molecule has 1 aromatic heterocycles. The molecule has 1 amide bonds. The highest BCUT2D eigenvalue weighted by Crippen LogP contribution is 2.47. The number of carbonyl (C=O) groups is 1. The summed E-state index contributed by atoms with van der Waals surface area (Å²) in [5.74, 6) is 0.807. The minimum Gasteiger partial charge on any atom is -0.317 e. The highest BCUT2D eigenvalue weighted by atomic mass is 32.2. The van der Waals surface area contributed by atoms with Gasteiger partial charge in [-0.25, -0.2) is 18.1 Å². The van der Waals surface area contributed by atoms with Crippen LogP contribution < -0.4 is 10.2 Å². The molecule has 0 spiro atoms. The van der Waals surface area contributed by atoms with E-state index in [4.69, 9.17) is 10.1 Å². The average Bonchev–Trinajstić information content (AvgIpc) is 3.39. The maximum absolute atomic E-state index is 13.5. The average molecular weight is 634 g/mol. The summed E-state index contributed by atoms with van der Waals surface area (Å²) in [6.07, 6.45) is 2.04. The van der Waals surface area contributed by atoms with Crippen LogP contribution in [0, 0.1) is 6.92 Å². The molecule has 10 heteroatoms. The molecule has 0 fully saturated rings. The lowest BCUT2D eigenvalue weighted by Gasteiger charge is -2.40. The molecule has 226 valence electrons. The van der Waals surface area contributed by atoms with Crippen LogP contribution in [0.2, 0.25) is 0 Å². The summed E-state index contributed by atoms with van der Waals surface area (Å²) < 4.78 is 28.6. The van der Waals surface area contributed by atoms with Crippen molar-refractivity contribution in [2.75, 3.05) is 16.5 Å². The number of aliphatic imine (C=N–C) groups is 1. The zero-order valence-corrected chi connectivity index (χ0v) is 26.9. The van der Waals surface area contributed by atoms with Crippen LogP contribution in [0.1, 0.15) is 48.2 Å². The number of thioether (sulfide) groups is 1. The predicted octanol–water partition coefficient (Wildman–Crippen LogP) is 7.45. The first-order chi connectivity index (χ1) is 21.7. The number of aryl methyl sites for hydroxylation is 1. The van der Waals surface area contributed by atoms with Crippen LogP contribution in [0.3, 0.4) is 0 Å². The summed E-state index contributed by atoms with van der Waals surface area (Å²) in [4.78, 5) is 22.0. The number of rotatable bonds is 6. The Labute approximate surface area is 266 Å². The fourth-order valence-electron chi connectivity index (χ4n) is 5.96. The maximum Gasteiger partial charge on any atom is 0.291 e. The van der Waals surface area contributed by atoms with E-state index >= 15 is 0 Å². The third kappa shape index (κ3) is 4.85. The minimum absolute atomic E-state index is 0.189. The van der Waals surface area contributed by atoms with E-state index in [1.54, 1.807) is 52.8 Å². The second kappa shape index (κ2) is 11.0. The van der Waals surface area contributed by atoms with Crippen molar-refractivity contribution in [2.24, 2.45) is 4.99 Å². The lowest BCUT2D eigenvalue weighted by atomic mass is 9.93. The molecule has 0 saturated carbocycles. The van der Waals surface area contributed by atoms with E-state index < -0.39 is 9.84 Å². The summed E-state index contributed by atoms with van der Waals surface area (Å²) in [5.41, 5.74) is 5.92. The Hall–Kier alpha value is -4.67. The molecular formula is C35H31N5O3S2. The number of hydrogen-bond acceptors (Lipinski definition) is 7. The van der Waals surface area contributed by atoms with Gasteiger partial charge in [0, 0.05) is 10.5 Å². The Bertz CT molecular complexity index is 2080. The smallest absolute Gasteiger partial charge is 0.291 e. The number of amidine groups is 1. The number of aromatic nitrogens is 2. The van der Waals surface area contributed by atoms with Gasteiger partial charge in [0.1, 0.15) is 0 Å². The number of nitrogens with zero attached hydrogens (tertiary/aromatic N) is 4. The Balaban J connectivity index is 1.34. The van der Waals surface area contributed by atoms with Crippen molar-refractivity contribution in [2.45, 2.75) is 47.4 Å². The van der Waals surface area contributed by atoms with Crippen molar-refractivity contribution in [3.8, 4) is 5.69 Å². The molecule has 3 heterocycles. The minimum atomic E-state index is -3.71. The van der Waals surface area contributed by atoms with E-state index in [0.29, 0.717) is 17.4 Å². The van der Waals surface area contributed by atoms with Gasteiger partial charge >= 0.3 is 0 Å². The Morgan fingerprint density at radius 3 is 2.16 bits per heavy atom. The molecular weight excluding hydrogens is 603 g/mol. The standard InChI is InChI=1S/C35H31N5O3S2/c1-21(2)23-11-17-27(18-12-23)45(42,43)28-19-13-25(14-20-28)40-33-31(22(3)38-40)32(24-9-15-26(44-4)16-10-24)39-30-8-6-5-7-29(30)36-35(41)34(39)37-33/h5-21,32H,1-4H3,(H,36,41)/t32-/m0/s1. The van der Waals surface area contributed by atoms with Gasteiger partial charge in [0.2, 0.25) is 15.7 Å². The van der Waals surface area contributed by atoms with E-state index in [9.17, 15) is 13.2 Å². The fraction of sp³-hybridized carbons (Fsp3) is 0.171. The van der Waals surface area contributed by atoms with Gasteiger partial charge in [-0.1, -0.05) is 50.2 Å². The number of hydrogen-bond donors (Lipinski definition) is 1. The first-order valence-electron chi connectivity index (χ1n) is 14.6. The van der Waals surface area contributed by atoms with Crippen molar-refractivity contribution < 1.29 is 13.2 Å². The van der Waals surface area contributed by atoms with Gasteiger partial charge in [-0.05, 0) is 90.9 Å². The van der Waals surface area contributed by atoms with Gasteiger partial charge in [-0.15, -0.1) is 11.8 Å².